The summed E-state index contributed by atoms with van der Waals surface area (Å²) in [6.45, 7) is 0.0696. The summed E-state index contributed by atoms with van der Waals surface area (Å²) in [6.07, 6.45) is 0.523. The third-order valence-electron chi connectivity index (χ3n) is 2.32. The van der Waals surface area contributed by atoms with Gasteiger partial charge in [-0.25, -0.2) is 9.37 Å². The molecule has 0 unspecified atom stereocenters. The lowest BCUT2D eigenvalue weighted by Gasteiger charge is -2.02. The Morgan fingerprint density at radius 2 is 2.29 bits per heavy atom. The third kappa shape index (κ3) is 2.62. The first-order chi connectivity index (χ1) is 8.24. The number of methoxy groups -OCH3 is 1. The second-order valence-corrected chi connectivity index (χ2v) is 4.33. The predicted molar refractivity (Wildman–Crippen MR) is 64.8 cm³/mol. The largest absolute Gasteiger partial charge is 0.494 e. The molecule has 0 radical (unpaired) electrons. The van der Waals surface area contributed by atoms with Crippen LogP contribution in [0.1, 0.15) is 5.69 Å². The molecule has 5 heteroatoms. The molecule has 17 heavy (non-hydrogen) atoms. The maximum absolute atomic E-state index is 13.5. The van der Waals surface area contributed by atoms with Crippen LogP contribution in [0.15, 0.2) is 23.6 Å². The molecule has 2 rings (SSSR count). The van der Waals surface area contributed by atoms with Gasteiger partial charge in [-0.2, -0.15) is 0 Å². The van der Waals surface area contributed by atoms with Crippen molar-refractivity contribution in [3.63, 3.8) is 0 Å². The summed E-state index contributed by atoms with van der Waals surface area (Å²) < 4.78 is 18.4. The molecule has 0 aliphatic carbocycles. The van der Waals surface area contributed by atoms with Crippen molar-refractivity contribution in [2.75, 3.05) is 13.7 Å². The van der Waals surface area contributed by atoms with Gasteiger partial charge in [0.15, 0.2) is 11.6 Å². The fourth-order valence-electron chi connectivity index (χ4n) is 1.47. The van der Waals surface area contributed by atoms with E-state index in [0.29, 0.717) is 6.42 Å². The van der Waals surface area contributed by atoms with Crippen molar-refractivity contribution in [3.05, 3.63) is 35.1 Å². The number of halogens is 1. The van der Waals surface area contributed by atoms with Crippen molar-refractivity contribution in [1.29, 1.82) is 0 Å². The second-order valence-electron chi connectivity index (χ2n) is 3.47. The molecule has 0 atom stereocenters. The topological polar surface area (TPSA) is 42.4 Å². The minimum atomic E-state index is -0.399. The SMILES string of the molecule is COc1ccc(-c2nc(CCO)cs2)cc1F. The van der Waals surface area contributed by atoms with Crippen LogP contribution < -0.4 is 4.74 Å². The van der Waals surface area contributed by atoms with Crippen LogP contribution in [0.2, 0.25) is 0 Å². The van der Waals surface area contributed by atoms with Crippen molar-refractivity contribution in [2.24, 2.45) is 0 Å². The molecule has 0 amide bonds. The monoisotopic (exact) mass is 253 g/mol. The molecule has 0 saturated heterocycles. The first-order valence-corrected chi connectivity index (χ1v) is 6.01. The number of hydrogen-bond donors (Lipinski definition) is 1. The van der Waals surface area contributed by atoms with E-state index >= 15 is 0 Å². The van der Waals surface area contributed by atoms with E-state index in [1.165, 1.54) is 24.5 Å². The smallest absolute Gasteiger partial charge is 0.165 e. The molecule has 1 aromatic heterocycles. The quantitative estimate of drug-likeness (QED) is 0.910. The van der Waals surface area contributed by atoms with E-state index in [1.54, 1.807) is 12.1 Å². The Hall–Kier alpha value is -1.46. The van der Waals surface area contributed by atoms with E-state index in [1.807, 2.05) is 5.38 Å². The van der Waals surface area contributed by atoms with Crippen molar-refractivity contribution >= 4 is 11.3 Å². The number of nitrogens with zero attached hydrogens (tertiary/aromatic N) is 1. The molecular formula is C12H12FNO2S. The Balaban J connectivity index is 2.29. The van der Waals surface area contributed by atoms with Gasteiger partial charge in [-0.15, -0.1) is 11.3 Å². The highest BCUT2D eigenvalue weighted by atomic mass is 32.1. The summed E-state index contributed by atoms with van der Waals surface area (Å²) in [5.74, 6) is -0.176. The summed E-state index contributed by atoms with van der Waals surface area (Å²) in [6, 6.07) is 4.75. The van der Waals surface area contributed by atoms with Gasteiger partial charge >= 0.3 is 0 Å². The fourth-order valence-corrected chi connectivity index (χ4v) is 2.32. The van der Waals surface area contributed by atoms with Gasteiger partial charge in [-0.3, -0.25) is 0 Å². The van der Waals surface area contributed by atoms with E-state index in [2.05, 4.69) is 4.98 Å². The molecule has 1 heterocycles. The number of ether oxygens (including phenoxy) is 1. The molecule has 3 nitrogen and oxygen atoms in total. The maximum Gasteiger partial charge on any atom is 0.165 e. The summed E-state index contributed by atoms with van der Waals surface area (Å²) >= 11 is 1.44. The maximum atomic E-state index is 13.5. The molecule has 0 fully saturated rings. The molecule has 1 aromatic carbocycles. The number of aliphatic hydroxyl groups excluding tert-OH is 1. The highest BCUT2D eigenvalue weighted by Gasteiger charge is 2.08. The zero-order chi connectivity index (χ0) is 12.3. The predicted octanol–water partition coefficient (Wildman–Crippen LogP) is 2.49. The van der Waals surface area contributed by atoms with Crippen molar-refractivity contribution < 1.29 is 14.2 Å². The van der Waals surface area contributed by atoms with E-state index < -0.39 is 5.82 Å². The molecule has 0 aliphatic heterocycles. The van der Waals surface area contributed by atoms with Crippen molar-refractivity contribution in [2.45, 2.75) is 6.42 Å². The number of aliphatic hydroxyl groups is 1. The summed E-state index contributed by atoms with van der Waals surface area (Å²) in [5.41, 5.74) is 1.54. The van der Waals surface area contributed by atoms with Gasteiger partial charge in [-0.05, 0) is 18.2 Å². The van der Waals surface area contributed by atoms with Crippen LogP contribution in [-0.4, -0.2) is 23.8 Å². The van der Waals surface area contributed by atoms with Crippen LogP contribution in [0.4, 0.5) is 4.39 Å². The Bertz CT molecular complexity index is 513. The van der Waals surface area contributed by atoms with E-state index in [9.17, 15) is 4.39 Å². The number of hydrogen-bond acceptors (Lipinski definition) is 4. The van der Waals surface area contributed by atoms with E-state index in [4.69, 9.17) is 9.84 Å². The molecule has 90 valence electrons. The average Bonchev–Trinajstić information content (AvgIpc) is 2.78. The Morgan fingerprint density at radius 3 is 2.94 bits per heavy atom. The molecule has 0 saturated carbocycles. The van der Waals surface area contributed by atoms with Crippen LogP contribution in [-0.2, 0) is 6.42 Å². The third-order valence-corrected chi connectivity index (χ3v) is 3.26. The number of benzene rings is 1. The normalized spacial score (nSPS) is 10.5. The minimum absolute atomic E-state index is 0.0696. The lowest BCUT2D eigenvalue weighted by Crippen LogP contribution is -1.91. The Morgan fingerprint density at radius 1 is 1.47 bits per heavy atom. The first kappa shape index (κ1) is 12.0. The molecule has 0 bridgehead atoms. The van der Waals surface area contributed by atoms with Crippen LogP contribution in [0.25, 0.3) is 10.6 Å². The zero-order valence-electron chi connectivity index (χ0n) is 9.31. The van der Waals surface area contributed by atoms with Gasteiger partial charge < -0.3 is 9.84 Å². The van der Waals surface area contributed by atoms with E-state index in [-0.39, 0.29) is 12.4 Å². The van der Waals surface area contributed by atoms with Gasteiger partial charge in [0.25, 0.3) is 0 Å². The molecule has 0 spiro atoms. The Labute approximate surface area is 103 Å². The fraction of sp³-hybridized carbons (Fsp3) is 0.250. The van der Waals surface area contributed by atoms with Crippen LogP contribution in [0.5, 0.6) is 5.75 Å². The average molecular weight is 253 g/mol. The standard InChI is InChI=1S/C12H12FNO2S/c1-16-11-3-2-8(6-10(11)13)12-14-9(4-5-15)7-17-12/h2-3,6-7,15H,4-5H2,1H3. The summed E-state index contributed by atoms with van der Waals surface area (Å²) in [7, 11) is 1.43. The zero-order valence-corrected chi connectivity index (χ0v) is 10.1. The van der Waals surface area contributed by atoms with Crippen molar-refractivity contribution in [3.8, 4) is 16.3 Å². The number of thiazole rings is 1. The highest BCUT2D eigenvalue weighted by Crippen LogP contribution is 2.27. The van der Waals surface area contributed by atoms with Crippen LogP contribution in [0, 0.1) is 5.82 Å². The minimum Gasteiger partial charge on any atom is -0.494 e. The van der Waals surface area contributed by atoms with Gasteiger partial charge in [-0.1, -0.05) is 0 Å². The van der Waals surface area contributed by atoms with E-state index in [0.717, 1.165) is 16.3 Å². The van der Waals surface area contributed by atoms with Crippen molar-refractivity contribution in [1.82, 2.24) is 4.98 Å². The molecule has 1 N–H and O–H groups in total. The summed E-state index contributed by atoms with van der Waals surface area (Å²) in [5, 5.41) is 11.4. The first-order valence-electron chi connectivity index (χ1n) is 5.13. The molecule has 0 aliphatic rings. The molecular weight excluding hydrogens is 241 g/mol. The second kappa shape index (κ2) is 5.25. The highest BCUT2D eigenvalue weighted by molar-refractivity contribution is 7.13. The lowest BCUT2D eigenvalue weighted by molar-refractivity contribution is 0.298. The van der Waals surface area contributed by atoms with Gasteiger partial charge in [0.2, 0.25) is 0 Å². The number of aromatic nitrogens is 1. The number of rotatable bonds is 4. The van der Waals surface area contributed by atoms with Gasteiger partial charge in [0, 0.05) is 24.0 Å². The molecule has 2 aromatic rings. The summed E-state index contributed by atoms with van der Waals surface area (Å²) in [4.78, 5) is 4.32. The van der Waals surface area contributed by atoms with Crippen LogP contribution >= 0.6 is 11.3 Å². The van der Waals surface area contributed by atoms with Gasteiger partial charge in [0.1, 0.15) is 5.01 Å². The van der Waals surface area contributed by atoms with Crippen LogP contribution in [0.3, 0.4) is 0 Å². The Kier molecular flexibility index (Phi) is 3.71. The van der Waals surface area contributed by atoms with Gasteiger partial charge in [0.05, 0.1) is 12.8 Å². The lowest BCUT2D eigenvalue weighted by atomic mass is 10.2.